The summed E-state index contributed by atoms with van der Waals surface area (Å²) < 4.78 is 25.4. The second-order valence-corrected chi connectivity index (χ2v) is 9.49. The van der Waals surface area contributed by atoms with E-state index in [0.717, 1.165) is 38.9 Å². The lowest BCUT2D eigenvalue weighted by Gasteiger charge is -2.27. The molecule has 2 aromatic carbocycles. The van der Waals surface area contributed by atoms with Gasteiger partial charge in [0, 0.05) is 32.8 Å². The number of hydrogen-bond acceptors (Lipinski definition) is 6. The maximum Gasteiger partial charge on any atom is 0.508 e. The minimum absolute atomic E-state index is 0.0863. The van der Waals surface area contributed by atoms with Crippen molar-refractivity contribution in [1.82, 2.24) is 0 Å². The van der Waals surface area contributed by atoms with Gasteiger partial charge in [-0.15, -0.1) is 0 Å². The zero-order valence-electron chi connectivity index (χ0n) is 24.9. The Balaban J connectivity index is 0.000000924. The summed E-state index contributed by atoms with van der Waals surface area (Å²) in [5.41, 5.74) is 5.03. The van der Waals surface area contributed by atoms with E-state index in [4.69, 9.17) is 23.7 Å². The van der Waals surface area contributed by atoms with E-state index in [9.17, 15) is 4.79 Å². The van der Waals surface area contributed by atoms with Gasteiger partial charge in [0.2, 0.25) is 0 Å². The van der Waals surface area contributed by atoms with Crippen LogP contribution in [0.2, 0.25) is 0 Å². The van der Waals surface area contributed by atoms with Crippen LogP contribution in [0.25, 0.3) is 0 Å². The molecule has 6 heteroatoms. The number of ether oxygens (including phenoxy) is 5. The van der Waals surface area contributed by atoms with Crippen LogP contribution in [-0.4, -0.2) is 59.0 Å². The lowest BCUT2D eigenvalue weighted by atomic mass is 9.77. The van der Waals surface area contributed by atoms with Gasteiger partial charge in [0.05, 0.1) is 12.7 Å². The average Bonchev–Trinajstić information content (AvgIpc) is 3.37. The fourth-order valence-corrected chi connectivity index (χ4v) is 4.16. The van der Waals surface area contributed by atoms with Crippen LogP contribution >= 0.6 is 0 Å². The average molecular weight is 531 g/mol. The quantitative estimate of drug-likeness (QED) is 0.256. The fraction of sp³-hybridized carbons (Fsp3) is 0.594. The highest BCUT2D eigenvalue weighted by molar-refractivity contribution is 5.61. The van der Waals surface area contributed by atoms with E-state index >= 15 is 0 Å². The van der Waals surface area contributed by atoms with Crippen LogP contribution in [0.1, 0.15) is 76.6 Å². The second kappa shape index (κ2) is 18.8. The Morgan fingerprint density at radius 2 is 1.42 bits per heavy atom. The Kier molecular flexibility index (Phi) is 16.6. The predicted molar refractivity (Wildman–Crippen MR) is 154 cm³/mol. The molecule has 0 bridgehead atoms. The highest BCUT2D eigenvalue weighted by Gasteiger charge is 2.25. The zero-order chi connectivity index (χ0) is 28.4. The normalized spacial score (nSPS) is 15.4. The van der Waals surface area contributed by atoms with Crippen molar-refractivity contribution in [3.63, 3.8) is 0 Å². The predicted octanol–water partition coefficient (Wildman–Crippen LogP) is 7.14. The molecule has 1 saturated heterocycles. The molecule has 0 spiro atoms. The first-order valence-electron chi connectivity index (χ1n) is 14.0. The van der Waals surface area contributed by atoms with Crippen LogP contribution in [-0.2, 0) is 41.9 Å². The van der Waals surface area contributed by atoms with Crippen molar-refractivity contribution < 1.29 is 28.5 Å². The molecule has 1 aliphatic heterocycles. The van der Waals surface area contributed by atoms with Gasteiger partial charge in [-0.1, -0.05) is 76.2 Å². The Hall–Kier alpha value is -2.41. The number of rotatable bonds is 13. The Morgan fingerprint density at radius 1 is 0.895 bits per heavy atom. The molecule has 2 atom stereocenters. The number of carbonyl (C=O) groups is 1. The van der Waals surface area contributed by atoms with Crippen molar-refractivity contribution >= 4 is 6.16 Å². The summed E-state index contributed by atoms with van der Waals surface area (Å²) in [5.74, 6) is 0. The summed E-state index contributed by atoms with van der Waals surface area (Å²) >= 11 is 0. The van der Waals surface area contributed by atoms with Crippen LogP contribution in [0.15, 0.2) is 48.5 Å². The van der Waals surface area contributed by atoms with Gasteiger partial charge in [-0.2, -0.15) is 0 Å². The number of carbonyl (C=O) groups excluding carboxylic acids is 1. The van der Waals surface area contributed by atoms with Crippen molar-refractivity contribution in [1.29, 1.82) is 0 Å². The fourth-order valence-electron chi connectivity index (χ4n) is 4.16. The molecule has 2 aromatic rings. The summed E-state index contributed by atoms with van der Waals surface area (Å²) in [6.07, 6.45) is 3.01. The van der Waals surface area contributed by atoms with Gasteiger partial charge in [-0.05, 0) is 61.8 Å². The van der Waals surface area contributed by atoms with Gasteiger partial charge in [-0.3, -0.25) is 0 Å². The van der Waals surface area contributed by atoms with Crippen molar-refractivity contribution in [3.8, 4) is 0 Å². The van der Waals surface area contributed by atoms with Crippen LogP contribution in [0, 0.1) is 0 Å². The van der Waals surface area contributed by atoms with Gasteiger partial charge in [0.1, 0.15) is 12.7 Å². The third-order valence-electron chi connectivity index (χ3n) is 6.61. The minimum Gasteiger partial charge on any atom is -0.430 e. The molecule has 1 heterocycles. The molecule has 6 nitrogen and oxygen atoms in total. The lowest BCUT2D eigenvalue weighted by Crippen LogP contribution is -2.19. The highest BCUT2D eigenvalue weighted by Crippen LogP contribution is 2.32. The molecule has 0 N–H and O–H groups in total. The highest BCUT2D eigenvalue weighted by atomic mass is 16.8. The van der Waals surface area contributed by atoms with E-state index < -0.39 is 6.16 Å². The standard InChI is InChI=1S/C26H34O5.C4H10O.C2H6/c1-26(2,21-11-5-19(6-12-21)9-15-23(29-4)17-28-3)22-13-7-20(8-14-22)10-16-24-18-30-25(27)31-24;1-3-5-4-2;1-2/h5-8,11-14,23-24H,9-10,15-18H2,1-4H3;3-4H2,1-2H3;1-2H3. The Morgan fingerprint density at radius 3 is 1.82 bits per heavy atom. The molecule has 0 saturated carbocycles. The number of aryl methyl sites for hydroxylation is 2. The maximum absolute atomic E-state index is 11.0. The molecule has 3 rings (SSSR count). The molecule has 0 aliphatic carbocycles. The Labute approximate surface area is 231 Å². The van der Waals surface area contributed by atoms with E-state index in [1.54, 1.807) is 14.2 Å². The summed E-state index contributed by atoms with van der Waals surface area (Å²) in [7, 11) is 3.44. The topological polar surface area (TPSA) is 63.2 Å². The lowest BCUT2D eigenvalue weighted by molar-refractivity contribution is 0.0238. The molecule has 0 amide bonds. The number of cyclic esters (lactones) is 2. The molecule has 38 heavy (non-hydrogen) atoms. The third kappa shape index (κ3) is 11.5. The molecular formula is C32H50O6. The first-order valence-corrected chi connectivity index (χ1v) is 14.0. The summed E-state index contributed by atoms with van der Waals surface area (Å²) in [6, 6.07) is 17.6. The number of methoxy groups -OCH3 is 2. The molecule has 0 aromatic heterocycles. The first-order chi connectivity index (χ1) is 18.3. The summed E-state index contributed by atoms with van der Waals surface area (Å²) in [6.45, 7) is 15.2. The second-order valence-electron chi connectivity index (χ2n) is 9.49. The van der Waals surface area contributed by atoms with Crippen LogP contribution in [0.4, 0.5) is 4.79 Å². The third-order valence-corrected chi connectivity index (χ3v) is 6.61. The van der Waals surface area contributed by atoms with Gasteiger partial charge < -0.3 is 23.7 Å². The molecule has 0 radical (unpaired) electrons. The molecule has 1 aliphatic rings. The van der Waals surface area contributed by atoms with Crippen LogP contribution in [0.5, 0.6) is 0 Å². The number of hydrogen-bond donors (Lipinski definition) is 0. The van der Waals surface area contributed by atoms with Crippen molar-refractivity contribution in [2.24, 2.45) is 0 Å². The van der Waals surface area contributed by atoms with E-state index in [0.29, 0.717) is 13.2 Å². The molecule has 2 unspecified atom stereocenters. The van der Waals surface area contributed by atoms with Crippen LogP contribution in [0.3, 0.4) is 0 Å². The first kappa shape index (κ1) is 33.6. The van der Waals surface area contributed by atoms with E-state index in [2.05, 4.69) is 62.4 Å². The van der Waals surface area contributed by atoms with Gasteiger partial charge in [0.15, 0.2) is 0 Å². The summed E-state index contributed by atoms with van der Waals surface area (Å²) in [4.78, 5) is 11.0. The monoisotopic (exact) mass is 530 g/mol. The van der Waals surface area contributed by atoms with Gasteiger partial charge >= 0.3 is 6.16 Å². The van der Waals surface area contributed by atoms with E-state index in [-0.39, 0.29) is 17.6 Å². The van der Waals surface area contributed by atoms with Gasteiger partial charge in [0.25, 0.3) is 0 Å². The van der Waals surface area contributed by atoms with Crippen molar-refractivity contribution in [3.05, 3.63) is 70.8 Å². The maximum atomic E-state index is 11.0. The smallest absolute Gasteiger partial charge is 0.430 e. The van der Waals surface area contributed by atoms with Gasteiger partial charge in [-0.25, -0.2) is 4.79 Å². The summed E-state index contributed by atoms with van der Waals surface area (Å²) in [5, 5.41) is 0. The minimum atomic E-state index is -0.554. The number of benzene rings is 2. The molecular weight excluding hydrogens is 480 g/mol. The Bertz CT molecular complexity index is 874. The van der Waals surface area contributed by atoms with E-state index in [1.807, 2.05) is 27.7 Å². The van der Waals surface area contributed by atoms with Crippen LogP contribution < -0.4 is 0 Å². The van der Waals surface area contributed by atoms with Crippen molar-refractivity contribution in [2.75, 3.05) is 40.6 Å². The molecule has 214 valence electrons. The largest absolute Gasteiger partial charge is 0.508 e. The SMILES string of the molecule is CC.CCOCC.COCC(CCc1ccc(C(C)(C)c2ccc(CCC3COC(=O)O3)cc2)cc1)OC. The molecule has 1 fully saturated rings. The zero-order valence-corrected chi connectivity index (χ0v) is 24.9. The van der Waals surface area contributed by atoms with E-state index in [1.165, 1.54) is 22.3 Å². The van der Waals surface area contributed by atoms with Crippen molar-refractivity contribution in [2.45, 2.75) is 84.8 Å².